The summed E-state index contributed by atoms with van der Waals surface area (Å²) in [5, 5.41) is 2.46. The van der Waals surface area contributed by atoms with Crippen LogP contribution in [0.1, 0.15) is 29.2 Å². The molecule has 0 spiro atoms. The van der Waals surface area contributed by atoms with E-state index in [0.29, 0.717) is 0 Å². The molecule has 0 aliphatic heterocycles. The van der Waals surface area contributed by atoms with Crippen LogP contribution in [0.2, 0.25) is 0 Å². The van der Waals surface area contributed by atoms with Crippen LogP contribution in [0.15, 0.2) is 60.7 Å². The van der Waals surface area contributed by atoms with Crippen LogP contribution in [0.3, 0.4) is 0 Å². The van der Waals surface area contributed by atoms with E-state index in [4.69, 9.17) is 5.73 Å². The van der Waals surface area contributed by atoms with Gasteiger partial charge >= 0.3 is 0 Å². The number of benzene rings is 3. The first-order valence-corrected chi connectivity index (χ1v) is 7.35. The lowest BCUT2D eigenvalue weighted by atomic mass is 9.82. The number of hydrogen-bond donors (Lipinski definition) is 1. The van der Waals surface area contributed by atoms with Gasteiger partial charge in [-0.15, -0.1) is 0 Å². The third-order valence-corrected chi connectivity index (χ3v) is 4.46. The van der Waals surface area contributed by atoms with Gasteiger partial charge in [-0.2, -0.15) is 0 Å². The Morgan fingerprint density at radius 1 is 0.810 bits per heavy atom. The smallest absolute Gasteiger partial charge is 0.0643 e. The van der Waals surface area contributed by atoms with Crippen molar-refractivity contribution in [2.24, 2.45) is 5.73 Å². The van der Waals surface area contributed by atoms with Crippen molar-refractivity contribution in [2.45, 2.75) is 26.3 Å². The number of aryl methyl sites for hydroxylation is 2. The largest absolute Gasteiger partial charge is 0.318 e. The summed E-state index contributed by atoms with van der Waals surface area (Å²) in [5.74, 6) is 0. The highest BCUT2D eigenvalue weighted by molar-refractivity contribution is 5.87. The molecule has 0 aliphatic carbocycles. The second-order valence-electron chi connectivity index (χ2n) is 6.03. The van der Waals surface area contributed by atoms with E-state index < -0.39 is 5.54 Å². The van der Waals surface area contributed by atoms with Crippen LogP contribution in [0, 0.1) is 13.8 Å². The molecule has 0 saturated heterocycles. The lowest BCUT2D eigenvalue weighted by Crippen LogP contribution is -2.34. The van der Waals surface area contributed by atoms with Crippen LogP contribution in [-0.4, -0.2) is 0 Å². The topological polar surface area (TPSA) is 26.0 Å². The van der Waals surface area contributed by atoms with Gasteiger partial charge in [-0.25, -0.2) is 0 Å². The summed E-state index contributed by atoms with van der Waals surface area (Å²) in [7, 11) is 0. The Labute approximate surface area is 126 Å². The number of fused-ring (bicyclic) bond motifs is 1. The van der Waals surface area contributed by atoms with Crippen LogP contribution in [0.4, 0.5) is 0 Å². The van der Waals surface area contributed by atoms with E-state index in [0.717, 1.165) is 5.56 Å². The third kappa shape index (κ3) is 2.34. The maximum atomic E-state index is 6.74. The zero-order valence-electron chi connectivity index (χ0n) is 12.9. The molecule has 0 radical (unpaired) electrons. The molecule has 106 valence electrons. The summed E-state index contributed by atoms with van der Waals surface area (Å²) in [6.07, 6.45) is 0. The first kappa shape index (κ1) is 13.8. The summed E-state index contributed by atoms with van der Waals surface area (Å²) in [6, 6.07) is 21.3. The molecule has 3 rings (SSSR count). The SMILES string of the molecule is Cc1ccc(C(C)(N)c2cccc3ccccc23)cc1C. The fraction of sp³-hybridized carbons (Fsp3) is 0.200. The Hall–Kier alpha value is -2.12. The number of rotatable bonds is 2. The Morgan fingerprint density at radius 2 is 1.52 bits per heavy atom. The summed E-state index contributed by atoms with van der Waals surface area (Å²) in [6.45, 7) is 6.36. The van der Waals surface area contributed by atoms with Gasteiger partial charge in [0.1, 0.15) is 0 Å². The molecule has 0 bridgehead atoms. The highest BCUT2D eigenvalue weighted by Crippen LogP contribution is 2.32. The minimum atomic E-state index is -0.501. The minimum absolute atomic E-state index is 0.501. The van der Waals surface area contributed by atoms with E-state index >= 15 is 0 Å². The Kier molecular flexibility index (Phi) is 3.30. The summed E-state index contributed by atoms with van der Waals surface area (Å²) >= 11 is 0. The lowest BCUT2D eigenvalue weighted by molar-refractivity contribution is 0.608. The molecule has 0 aliphatic rings. The minimum Gasteiger partial charge on any atom is -0.318 e. The van der Waals surface area contributed by atoms with Crippen LogP contribution < -0.4 is 5.73 Å². The van der Waals surface area contributed by atoms with Gasteiger partial charge in [0, 0.05) is 0 Å². The van der Waals surface area contributed by atoms with E-state index in [9.17, 15) is 0 Å². The summed E-state index contributed by atoms with van der Waals surface area (Å²) in [4.78, 5) is 0. The van der Waals surface area contributed by atoms with E-state index in [1.807, 2.05) is 0 Å². The molecule has 3 aromatic carbocycles. The normalized spacial score (nSPS) is 14.1. The molecule has 0 fully saturated rings. The Morgan fingerprint density at radius 3 is 2.29 bits per heavy atom. The monoisotopic (exact) mass is 275 g/mol. The van der Waals surface area contributed by atoms with Gasteiger partial charge in [-0.3, -0.25) is 0 Å². The maximum Gasteiger partial charge on any atom is 0.0643 e. The predicted octanol–water partition coefficient (Wildman–Crippen LogP) is 4.68. The first-order valence-electron chi connectivity index (χ1n) is 7.35. The molecule has 2 N–H and O–H groups in total. The van der Waals surface area contributed by atoms with E-state index in [2.05, 4.69) is 81.4 Å². The zero-order chi connectivity index (χ0) is 15.0. The van der Waals surface area contributed by atoms with Crippen LogP contribution in [0.25, 0.3) is 10.8 Å². The fourth-order valence-electron chi connectivity index (χ4n) is 2.90. The molecule has 0 aromatic heterocycles. The van der Waals surface area contributed by atoms with E-state index in [1.54, 1.807) is 0 Å². The highest BCUT2D eigenvalue weighted by Gasteiger charge is 2.25. The molecule has 1 unspecified atom stereocenters. The molecule has 21 heavy (non-hydrogen) atoms. The Bertz CT molecular complexity index is 795. The number of hydrogen-bond acceptors (Lipinski definition) is 1. The van der Waals surface area contributed by atoms with Gasteiger partial charge in [0.15, 0.2) is 0 Å². The van der Waals surface area contributed by atoms with E-state index in [-0.39, 0.29) is 0 Å². The van der Waals surface area contributed by atoms with Gasteiger partial charge in [-0.1, -0.05) is 60.7 Å². The molecule has 1 atom stereocenters. The maximum absolute atomic E-state index is 6.74. The van der Waals surface area contributed by atoms with Gasteiger partial charge in [-0.05, 0) is 53.8 Å². The van der Waals surface area contributed by atoms with Crippen molar-refractivity contribution in [3.63, 3.8) is 0 Å². The summed E-state index contributed by atoms with van der Waals surface area (Å²) in [5.41, 5.74) is 11.1. The van der Waals surface area contributed by atoms with Crippen LogP contribution in [-0.2, 0) is 5.54 Å². The van der Waals surface area contributed by atoms with Gasteiger partial charge in [0.25, 0.3) is 0 Å². The van der Waals surface area contributed by atoms with Crippen molar-refractivity contribution < 1.29 is 0 Å². The van der Waals surface area contributed by atoms with Crippen molar-refractivity contribution in [3.05, 3.63) is 82.9 Å². The van der Waals surface area contributed by atoms with Gasteiger partial charge in [0.2, 0.25) is 0 Å². The fourth-order valence-corrected chi connectivity index (χ4v) is 2.90. The van der Waals surface area contributed by atoms with Gasteiger partial charge < -0.3 is 5.73 Å². The molecule has 0 amide bonds. The second kappa shape index (κ2) is 5.01. The molecule has 3 aromatic rings. The van der Waals surface area contributed by atoms with E-state index in [1.165, 1.54) is 27.5 Å². The average Bonchev–Trinajstić information content (AvgIpc) is 2.49. The van der Waals surface area contributed by atoms with Crippen molar-refractivity contribution >= 4 is 10.8 Å². The van der Waals surface area contributed by atoms with Crippen molar-refractivity contribution in [1.82, 2.24) is 0 Å². The first-order chi connectivity index (χ1) is 10.00. The predicted molar refractivity (Wildman–Crippen MR) is 90.5 cm³/mol. The average molecular weight is 275 g/mol. The zero-order valence-corrected chi connectivity index (χ0v) is 12.9. The van der Waals surface area contributed by atoms with Gasteiger partial charge in [0.05, 0.1) is 5.54 Å². The Balaban J connectivity index is 2.22. The quantitative estimate of drug-likeness (QED) is 0.722. The summed E-state index contributed by atoms with van der Waals surface area (Å²) < 4.78 is 0. The van der Waals surface area contributed by atoms with Crippen molar-refractivity contribution in [1.29, 1.82) is 0 Å². The molecule has 0 saturated carbocycles. The third-order valence-electron chi connectivity index (χ3n) is 4.46. The van der Waals surface area contributed by atoms with Crippen molar-refractivity contribution in [3.8, 4) is 0 Å². The van der Waals surface area contributed by atoms with Crippen molar-refractivity contribution in [2.75, 3.05) is 0 Å². The standard InChI is InChI=1S/C20H21N/c1-14-11-12-17(13-15(14)2)20(3,21)19-10-6-8-16-7-4-5-9-18(16)19/h4-13H,21H2,1-3H3. The lowest BCUT2D eigenvalue weighted by Gasteiger charge is -2.28. The second-order valence-corrected chi connectivity index (χ2v) is 6.03. The van der Waals surface area contributed by atoms with Crippen LogP contribution >= 0.6 is 0 Å². The molecule has 0 heterocycles. The van der Waals surface area contributed by atoms with Crippen LogP contribution in [0.5, 0.6) is 0 Å². The highest BCUT2D eigenvalue weighted by atomic mass is 14.7. The number of nitrogens with two attached hydrogens (primary N) is 1. The molecule has 1 nitrogen and oxygen atoms in total. The molecular formula is C20H21N. The molecule has 1 heteroatoms. The molecular weight excluding hydrogens is 254 g/mol.